The molecule has 1 fully saturated rings. The normalized spacial score (nSPS) is 24.4. The van der Waals surface area contributed by atoms with Crippen molar-refractivity contribution in [2.75, 3.05) is 0 Å². The van der Waals surface area contributed by atoms with Crippen LogP contribution in [0.2, 0.25) is 0 Å². The average Bonchev–Trinajstić information content (AvgIpc) is 3.23. The van der Waals surface area contributed by atoms with Crippen molar-refractivity contribution in [1.82, 2.24) is 9.78 Å². The van der Waals surface area contributed by atoms with E-state index in [-0.39, 0.29) is 10.8 Å². The van der Waals surface area contributed by atoms with Crippen LogP contribution in [0.15, 0.2) is 54.6 Å². The van der Waals surface area contributed by atoms with Gasteiger partial charge in [-0.15, -0.1) is 0 Å². The third-order valence-corrected chi connectivity index (χ3v) is 7.47. The van der Waals surface area contributed by atoms with Crippen molar-refractivity contribution in [3.8, 4) is 11.6 Å². The van der Waals surface area contributed by atoms with Gasteiger partial charge in [-0.2, -0.15) is 5.10 Å². The summed E-state index contributed by atoms with van der Waals surface area (Å²) in [5.74, 6) is 1.45. The minimum absolute atomic E-state index is 0.119. The summed E-state index contributed by atoms with van der Waals surface area (Å²) in [6, 6.07) is 19.0. The van der Waals surface area contributed by atoms with E-state index in [4.69, 9.17) is 9.84 Å². The lowest BCUT2D eigenvalue weighted by Gasteiger charge is -2.34. The second-order valence-electron chi connectivity index (χ2n) is 9.23. The standard InChI is InChI=1S/C25H28N2O/c1-17-10-12-19(13-11-17)27-23(28-16-18-8-6-5-7-9-18)21-20-14-15-25(4,22(21)26-27)24(20,2)3/h5-13,20H,14-16H2,1-4H3/t20-,25+/m1/s1. The van der Waals surface area contributed by atoms with Gasteiger partial charge in [-0.05, 0) is 48.8 Å². The number of benzene rings is 2. The van der Waals surface area contributed by atoms with E-state index < -0.39 is 0 Å². The van der Waals surface area contributed by atoms with E-state index in [1.165, 1.54) is 35.2 Å². The van der Waals surface area contributed by atoms with Gasteiger partial charge >= 0.3 is 0 Å². The van der Waals surface area contributed by atoms with Crippen molar-refractivity contribution in [2.24, 2.45) is 5.41 Å². The summed E-state index contributed by atoms with van der Waals surface area (Å²) < 4.78 is 8.52. The molecular formula is C25H28N2O. The number of nitrogens with zero attached hydrogens (tertiary/aromatic N) is 2. The number of aryl methyl sites for hydroxylation is 1. The average molecular weight is 373 g/mol. The molecule has 28 heavy (non-hydrogen) atoms. The fraction of sp³-hybridized carbons (Fsp3) is 0.400. The van der Waals surface area contributed by atoms with Gasteiger partial charge in [-0.25, -0.2) is 4.68 Å². The van der Waals surface area contributed by atoms with Crippen LogP contribution >= 0.6 is 0 Å². The first-order chi connectivity index (χ1) is 13.4. The van der Waals surface area contributed by atoms with E-state index in [9.17, 15) is 0 Å². The van der Waals surface area contributed by atoms with E-state index in [1.54, 1.807) is 0 Å². The number of hydrogen-bond donors (Lipinski definition) is 0. The van der Waals surface area contributed by atoms with Crippen LogP contribution in [0.3, 0.4) is 0 Å². The molecule has 2 atom stereocenters. The Morgan fingerprint density at radius 2 is 1.75 bits per heavy atom. The van der Waals surface area contributed by atoms with Gasteiger partial charge in [-0.3, -0.25) is 0 Å². The van der Waals surface area contributed by atoms with Crippen LogP contribution in [0, 0.1) is 12.3 Å². The first-order valence-corrected chi connectivity index (χ1v) is 10.3. The third-order valence-electron chi connectivity index (χ3n) is 7.47. The van der Waals surface area contributed by atoms with Crippen molar-refractivity contribution < 1.29 is 4.74 Å². The van der Waals surface area contributed by atoms with E-state index in [1.807, 2.05) is 10.7 Å². The Morgan fingerprint density at radius 1 is 1.04 bits per heavy atom. The zero-order valence-corrected chi connectivity index (χ0v) is 17.2. The van der Waals surface area contributed by atoms with E-state index >= 15 is 0 Å². The van der Waals surface area contributed by atoms with Crippen LogP contribution in [-0.4, -0.2) is 9.78 Å². The number of aromatic nitrogens is 2. The molecule has 1 saturated carbocycles. The molecule has 5 rings (SSSR count). The quantitative estimate of drug-likeness (QED) is 0.567. The molecule has 2 aromatic carbocycles. The summed E-state index contributed by atoms with van der Waals surface area (Å²) in [5, 5.41) is 5.14. The zero-order chi connectivity index (χ0) is 19.5. The van der Waals surface area contributed by atoms with Crippen LogP contribution in [0.4, 0.5) is 0 Å². The number of ether oxygens (including phenoxy) is 1. The smallest absolute Gasteiger partial charge is 0.220 e. The minimum Gasteiger partial charge on any atom is -0.472 e. The molecule has 1 heterocycles. The maximum atomic E-state index is 6.48. The molecule has 2 bridgehead atoms. The fourth-order valence-electron chi connectivity index (χ4n) is 5.29. The Morgan fingerprint density at radius 3 is 2.46 bits per heavy atom. The predicted octanol–water partition coefficient (Wildman–Crippen LogP) is 5.93. The molecule has 0 aliphatic heterocycles. The summed E-state index contributed by atoms with van der Waals surface area (Å²) in [6.07, 6.45) is 2.43. The van der Waals surface area contributed by atoms with Crippen LogP contribution in [0.1, 0.15) is 61.9 Å². The summed E-state index contributed by atoms with van der Waals surface area (Å²) in [6.45, 7) is 9.89. The van der Waals surface area contributed by atoms with Gasteiger partial charge in [0.2, 0.25) is 5.88 Å². The first kappa shape index (κ1) is 17.5. The second kappa shape index (κ2) is 5.97. The molecule has 0 N–H and O–H groups in total. The van der Waals surface area contributed by atoms with Crippen molar-refractivity contribution >= 4 is 0 Å². The molecule has 2 aliphatic rings. The summed E-state index contributed by atoms with van der Waals surface area (Å²) in [4.78, 5) is 0. The zero-order valence-electron chi connectivity index (χ0n) is 17.2. The molecule has 1 aromatic heterocycles. The fourth-order valence-corrected chi connectivity index (χ4v) is 5.29. The van der Waals surface area contributed by atoms with Gasteiger partial charge in [0.1, 0.15) is 6.61 Å². The van der Waals surface area contributed by atoms with E-state index in [2.05, 4.69) is 76.2 Å². The predicted molar refractivity (Wildman–Crippen MR) is 112 cm³/mol. The highest BCUT2D eigenvalue weighted by molar-refractivity contribution is 5.53. The van der Waals surface area contributed by atoms with Gasteiger partial charge in [0.05, 0.1) is 11.4 Å². The largest absolute Gasteiger partial charge is 0.472 e. The highest BCUT2D eigenvalue weighted by Crippen LogP contribution is 2.69. The molecule has 0 spiro atoms. The lowest BCUT2D eigenvalue weighted by molar-refractivity contribution is 0.218. The Labute approximate surface area is 167 Å². The Balaban J connectivity index is 1.62. The second-order valence-corrected chi connectivity index (χ2v) is 9.23. The SMILES string of the molecule is Cc1ccc(-n2nc3c(c2OCc2ccccc2)[C@H]2CC[C@]3(C)C2(C)C)cc1. The van der Waals surface area contributed by atoms with Gasteiger partial charge in [0.15, 0.2) is 0 Å². The monoisotopic (exact) mass is 372 g/mol. The Hall–Kier alpha value is -2.55. The van der Waals surface area contributed by atoms with Gasteiger partial charge < -0.3 is 4.74 Å². The van der Waals surface area contributed by atoms with Crippen LogP contribution in [0.5, 0.6) is 5.88 Å². The van der Waals surface area contributed by atoms with Gasteiger partial charge in [0, 0.05) is 11.0 Å². The third kappa shape index (κ3) is 2.32. The maximum Gasteiger partial charge on any atom is 0.220 e. The highest BCUT2D eigenvalue weighted by atomic mass is 16.5. The van der Waals surface area contributed by atoms with Crippen LogP contribution in [0.25, 0.3) is 5.69 Å². The molecule has 3 heteroatoms. The summed E-state index contributed by atoms with van der Waals surface area (Å²) in [5.41, 5.74) is 6.44. The van der Waals surface area contributed by atoms with Gasteiger partial charge in [-0.1, -0.05) is 68.8 Å². The van der Waals surface area contributed by atoms with Gasteiger partial charge in [0.25, 0.3) is 0 Å². The van der Waals surface area contributed by atoms with Crippen molar-refractivity contribution in [3.63, 3.8) is 0 Å². The maximum absolute atomic E-state index is 6.48. The number of hydrogen-bond acceptors (Lipinski definition) is 2. The molecule has 0 amide bonds. The highest BCUT2D eigenvalue weighted by Gasteiger charge is 2.62. The lowest BCUT2D eigenvalue weighted by Crippen LogP contribution is -2.32. The summed E-state index contributed by atoms with van der Waals surface area (Å²) >= 11 is 0. The molecule has 0 radical (unpaired) electrons. The molecule has 0 saturated heterocycles. The molecule has 144 valence electrons. The Kier molecular flexibility index (Phi) is 3.74. The van der Waals surface area contributed by atoms with Crippen LogP contribution < -0.4 is 4.74 Å². The summed E-state index contributed by atoms with van der Waals surface area (Å²) in [7, 11) is 0. The molecule has 0 unspecified atom stereocenters. The van der Waals surface area contributed by atoms with Crippen LogP contribution in [-0.2, 0) is 12.0 Å². The van der Waals surface area contributed by atoms with Crippen molar-refractivity contribution in [3.05, 3.63) is 77.0 Å². The molecular weight excluding hydrogens is 344 g/mol. The number of fused-ring (bicyclic) bond motifs is 5. The molecule has 2 aliphatic carbocycles. The first-order valence-electron chi connectivity index (χ1n) is 10.3. The molecule has 3 nitrogen and oxygen atoms in total. The minimum atomic E-state index is 0.119. The van der Waals surface area contributed by atoms with Crippen molar-refractivity contribution in [2.45, 2.75) is 58.5 Å². The van der Waals surface area contributed by atoms with E-state index in [0.717, 1.165) is 11.6 Å². The molecule has 3 aromatic rings. The van der Waals surface area contributed by atoms with E-state index in [0.29, 0.717) is 12.5 Å². The van der Waals surface area contributed by atoms with Crippen molar-refractivity contribution in [1.29, 1.82) is 0 Å². The lowest BCUT2D eigenvalue weighted by atomic mass is 9.70. The Bertz CT molecular complexity index is 1020. The number of rotatable bonds is 4. The topological polar surface area (TPSA) is 27.1 Å².